The van der Waals surface area contributed by atoms with E-state index in [-0.39, 0.29) is 13.1 Å². The van der Waals surface area contributed by atoms with Gasteiger partial charge in [0.25, 0.3) is 0 Å². The molecule has 6 heteroatoms. The number of carbonyl (C=O) groups is 1. The van der Waals surface area contributed by atoms with Gasteiger partial charge in [-0.2, -0.15) is 0 Å². The van der Waals surface area contributed by atoms with Crippen molar-refractivity contribution in [1.82, 2.24) is 9.97 Å². The van der Waals surface area contributed by atoms with E-state index < -0.39 is 5.97 Å². The summed E-state index contributed by atoms with van der Waals surface area (Å²) < 4.78 is 0. The van der Waals surface area contributed by atoms with Gasteiger partial charge >= 0.3 is 5.97 Å². The zero-order valence-electron chi connectivity index (χ0n) is 9.75. The number of nitrogens with zero attached hydrogens (tertiary/aromatic N) is 3. The lowest BCUT2D eigenvalue weighted by Crippen LogP contribution is -2.30. The van der Waals surface area contributed by atoms with Crippen molar-refractivity contribution < 1.29 is 9.90 Å². The Kier molecular flexibility index (Phi) is 3.44. The molecule has 0 radical (unpaired) electrons. The van der Waals surface area contributed by atoms with Gasteiger partial charge in [0.2, 0.25) is 0 Å². The molecule has 0 bridgehead atoms. The largest absolute Gasteiger partial charge is 0.480 e. The third kappa shape index (κ3) is 2.41. The number of carboxylic acids is 1. The van der Waals surface area contributed by atoms with E-state index in [0.717, 1.165) is 15.1 Å². The number of hydrogen-bond acceptors (Lipinski definition) is 5. The number of aromatic nitrogens is 2. The second kappa shape index (κ2) is 5.02. The van der Waals surface area contributed by atoms with Crippen LogP contribution in [-0.4, -0.2) is 34.1 Å². The molecule has 2 aromatic rings. The lowest BCUT2D eigenvalue weighted by Gasteiger charge is -2.19. The maximum Gasteiger partial charge on any atom is 0.323 e. The first-order chi connectivity index (χ1) is 8.61. The predicted molar refractivity (Wildman–Crippen MR) is 70.8 cm³/mol. The summed E-state index contributed by atoms with van der Waals surface area (Å²) in [6, 6.07) is 1.95. The second-order valence-corrected chi connectivity index (χ2v) is 4.96. The molecule has 2 heterocycles. The first-order valence-electron chi connectivity index (χ1n) is 5.23. The van der Waals surface area contributed by atoms with Crippen LogP contribution >= 0.6 is 11.3 Å². The van der Waals surface area contributed by atoms with Crippen LogP contribution in [0.15, 0.2) is 12.4 Å². The van der Waals surface area contributed by atoms with E-state index in [4.69, 9.17) is 11.5 Å². The molecule has 0 atom stereocenters. The highest BCUT2D eigenvalue weighted by Gasteiger charge is 2.15. The van der Waals surface area contributed by atoms with Crippen LogP contribution in [0.5, 0.6) is 0 Å². The number of fused-ring (bicyclic) bond motifs is 1. The Morgan fingerprint density at radius 2 is 2.39 bits per heavy atom. The van der Waals surface area contributed by atoms with Gasteiger partial charge in [0.15, 0.2) is 0 Å². The Labute approximate surface area is 108 Å². The molecule has 0 saturated heterocycles. The van der Waals surface area contributed by atoms with E-state index in [9.17, 15) is 4.79 Å². The van der Waals surface area contributed by atoms with Gasteiger partial charge in [0.1, 0.15) is 23.5 Å². The van der Waals surface area contributed by atoms with Crippen molar-refractivity contribution in [1.29, 1.82) is 0 Å². The fourth-order valence-corrected chi connectivity index (χ4v) is 2.54. The van der Waals surface area contributed by atoms with Gasteiger partial charge < -0.3 is 10.0 Å². The SMILES string of the molecule is C#CCN(CC(=O)O)c1ncnc2sc(C)cc12. The molecule has 0 unspecified atom stereocenters. The highest BCUT2D eigenvalue weighted by atomic mass is 32.1. The summed E-state index contributed by atoms with van der Waals surface area (Å²) in [6.07, 6.45) is 6.70. The third-order valence-corrected chi connectivity index (χ3v) is 3.30. The highest BCUT2D eigenvalue weighted by Crippen LogP contribution is 2.29. The first-order valence-corrected chi connectivity index (χ1v) is 6.05. The van der Waals surface area contributed by atoms with E-state index >= 15 is 0 Å². The molecule has 2 rings (SSSR count). The zero-order chi connectivity index (χ0) is 13.1. The van der Waals surface area contributed by atoms with Crippen molar-refractivity contribution >= 4 is 33.3 Å². The molecule has 1 N–H and O–H groups in total. The van der Waals surface area contributed by atoms with Crippen LogP contribution in [0.1, 0.15) is 4.88 Å². The van der Waals surface area contributed by atoms with E-state index in [0.29, 0.717) is 5.82 Å². The number of rotatable bonds is 4. The molecule has 2 aromatic heterocycles. The van der Waals surface area contributed by atoms with Crippen LogP contribution in [0.4, 0.5) is 5.82 Å². The lowest BCUT2D eigenvalue weighted by molar-refractivity contribution is -0.135. The van der Waals surface area contributed by atoms with Gasteiger partial charge in [-0.15, -0.1) is 17.8 Å². The molecular weight excluding hydrogens is 250 g/mol. The Hall–Kier alpha value is -2.13. The van der Waals surface area contributed by atoms with Crippen molar-refractivity contribution in [3.05, 3.63) is 17.3 Å². The number of carboxylic acid groups (broad SMARTS) is 1. The van der Waals surface area contributed by atoms with Gasteiger partial charge in [-0.3, -0.25) is 4.79 Å². The molecule has 0 amide bonds. The van der Waals surface area contributed by atoms with Crippen molar-refractivity contribution in [3.8, 4) is 12.3 Å². The third-order valence-electron chi connectivity index (χ3n) is 2.34. The summed E-state index contributed by atoms with van der Waals surface area (Å²) in [5, 5.41) is 9.74. The standard InChI is InChI=1S/C12H11N3O2S/c1-3-4-15(6-10(16)17)11-9-5-8(2)18-12(9)14-7-13-11/h1,5,7H,4,6H2,2H3,(H,16,17). The number of aliphatic carboxylic acids is 1. The van der Waals surface area contributed by atoms with Crippen molar-refractivity contribution in [3.63, 3.8) is 0 Å². The normalized spacial score (nSPS) is 10.2. The van der Waals surface area contributed by atoms with Crippen molar-refractivity contribution in [2.75, 3.05) is 18.0 Å². The second-order valence-electron chi connectivity index (χ2n) is 3.73. The van der Waals surface area contributed by atoms with Crippen LogP contribution in [-0.2, 0) is 4.79 Å². The van der Waals surface area contributed by atoms with Gasteiger partial charge in [-0.1, -0.05) is 5.92 Å². The Balaban J connectivity index is 2.49. The minimum Gasteiger partial charge on any atom is -0.480 e. The van der Waals surface area contributed by atoms with Gasteiger partial charge in [0, 0.05) is 4.88 Å². The minimum absolute atomic E-state index is 0.175. The van der Waals surface area contributed by atoms with E-state index in [2.05, 4.69) is 15.9 Å². The van der Waals surface area contributed by atoms with Crippen LogP contribution in [0.2, 0.25) is 0 Å². The van der Waals surface area contributed by atoms with Gasteiger partial charge in [0.05, 0.1) is 11.9 Å². The number of aryl methyl sites for hydroxylation is 1. The summed E-state index contributed by atoms with van der Waals surface area (Å²) in [7, 11) is 0. The smallest absolute Gasteiger partial charge is 0.323 e. The summed E-state index contributed by atoms with van der Waals surface area (Å²) >= 11 is 1.54. The van der Waals surface area contributed by atoms with Crippen LogP contribution in [0, 0.1) is 19.3 Å². The molecule has 0 saturated carbocycles. The van der Waals surface area contributed by atoms with Gasteiger partial charge in [-0.05, 0) is 13.0 Å². The molecule has 92 valence electrons. The topological polar surface area (TPSA) is 66.3 Å². The molecule has 0 spiro atoms. The minimum atomic E-state index is -0.941. The van der Waals surface area contributed by atoms with Gasteiger partial charge in [-0.25, -0.2) is 9.97 Å². The molecule has 0 aliphatic carbocycles. The first kappa shape index (κ1) is 12.3. The Bertz CT molecular complexity index is 630. The number of thiophene rings is 1. The van der Waals surface area contributed by atoms with Crippen LogP contribution in [0.3, 0.4) is 0 Å². The maximum atomic E-state index is 10.8. The molecule has 0 fully saturated rings. The summed E-state index contributed by atoms with van der Waals surface area (Å²) in [4.78, 5) is 22.7. The average molecular weight is 261 g/mol. The summed E-state index contributed by atoms with van der Waals surface area (Å²) in [5.74, 6) is 2.08. The fraction of sp³-hybridized carbons (Fsp3) is 0.250. The Morgan fingerprint density at radius 1 is 1.61 bits per heavy atom. The predicted octanol–water partition coefficient (Wildman–Crippen LogP) is 1.52. The Morgan fingerprint density at radius 3 is 3.06 bits per heavy atom. The van der Waals surface area contributed by atoms with E-state index in [1.165, 1.54) is 6.33 Å². The maximum absolute atomic E-state index is 10.8. The number of anilines is 1. The molecule has 0 aliphatic rings. The van der Waals surface area contributed by atoms with Crippen molar-refractivity contribution in [2.45, 2.75) is 6.92 Å². The number of terminal acetylenes is 1. The zero-order valence-corrected chi connectivity index (χ0v) is 10.6. The van der Waals surface area contributed by atoms with Crippen molar-refractivity contribution in [2.24, 2.45) is 0 Å². The number of hydrogen-bond donors (Lipinski definition) is 1. The molecule has 0 aromatic carbocycles. The van der Waals surface area contributed by atoms with E-state index in [1.54, 1.807) is 16.2 Å². The molecular formula is C12H11N3O2S. The molecule has 18 heavy (non-hydrogen) atoms. The summed E-state index contributed by atoms with van der Waals surface area (Å²) in [6.45, 7) is 2.00. The van der Waals surface area contributed by atoms with Crippen LogP contribution < -0.4 is 4.90 Å². The lowest BCUT2D eigenvalue weighted by atomic mass is 10.3. The quantitative estimate of drug-likeness (QED) is 0.845. The van der Waals surface area contributed by atoms with Crippen LogP contribution in [0.25, 0.3) is 10.2 Å². The summed E-state index contributed by atoms with van der Waals surface area (Å²) in [5.41, 5.74) is 0. The van der Waals surface area contributed by atoms with E-state index in [1.807, 2.05) is 13.0 Å². The highest BCUT2D eigenvalue weighted by molar-refractivity contribution is 7.18. The average Bonchev–Trinajstić information content (AvgIpc) is 2.67. The monoisotopic (exact) mass is 261 g/mol. The molecule has 5 nitrogen and oxygen atoms in total. The molecule has 0 aliphatic heterocycles. The fourth-order valence-electron chi connectivity index (χ4n) is 1.69.